The number of hydrogen-bond donors (Lipinski definition) is 0. The summed E-state index contributed by atoms with van der Waals surface area (Å²) in [6.07, 6.45) is 4.54. The monoisotopic (exact) mass is 282 g/mol. The third-order valence-corrected chi connectivity index (χ3v) is 2.31. The zero-order chi connectivity index (χ0) is 12.0. The summed E-state index contributed by atoms with van der Waals surface area (Å²) in [6, 6.07) is 1.67. The minimum absolute atomic E-state index is 0.114. The first kappa shape index (κ1) is 12.2. The maximum atomic E-state index is 11.2. The number of methoxy groups -OCH3 is 1. The Morgan fingerprint density at radius 3 is 3.06 bits per heavy atom. The van der Waals surface area contributed by atoms with Crippen LogP contribution >= 0.6 is 15.9 Å². The van der Waals surface area contributed by atoms with Crippen LogP contribution in [0.2, 0.25) is 0 Å². The highest BCUT2D eigenvalue weighted by molar-refractivity contribution is 9.10. The maximum absolute atomic E-state index is 11.2. The minimum Gasteiger partial charge on any atom is -0.466 e. The number of nitrogens with zero attached hydrogens (tertiary/aromatic N) is 4. The van der Waals surface area contributed by atoms with Gasteiger partial charge in [-0.25, -0.2) is 4.79 Å². The number of ether oxygens (including phenoxy) is 1. The summed E-state index contributed by atoms with van der Waals surface area (Å²) in [5.41, 5.74) is 8.87. The van der Waals surface area contributed by atoms with E-state index < -0.39 is 5.97 Å². The highest BCUT2D eigenvalue weighted by Gasteiger charge is 2.08. The molecule has 1 heterocycles. The first-order valence-corrected chi connectivity index (χ1v) is 4.93. The molecule has 0 spiro atoms. The van der Waals surface area contributed by atoms with Gasteiger partial charge in [-0.2, -0.15) is 0 Å². The summed E-state index contributed by atoms with van der Waals surface area (Å²) in [6.45, 7) is 0. The van der Waals surface area contributed by atoms with Crippen LogP contribution < -0.4 is 0 Å². The van der Waals surface area contributed by atoms with Gasteiger partial charge in [0.1, 0.15) is 5.70 Å². The molecule has 1 aromatic rings. The Hall–Kier alpha value is -1.85. The van der Waals surface area contributed by atoms with Crippen LogP contribution in [0.15, 0.2) is 33.7 Å². The molecule has 7 heteroatoms. The summed E-state index contributed by atoms with van der Waals surface area (Å²) in [5, 5.41) is 3.26. The van der Waals surface area contributed by atoms with Gasteiger partial charge >= 0.3 is 5.97 Å². The first-order valence-electron chi connectivity index (χ1n) is 4.13. The third-order valence-electron chi connectivity index (χ3n) is 1.64. The summed E-state index contributed by atoms with van der Waals surface area (Å²) in [5.74, 6) is -0.693. The number of esters is 1. The van der Waals surface area contributed by atoms with E-state index in [2.05, 4.69) is 35.7 Å². The van der Waals surface area contributed by atoms with Crippen molar-refractivity contribution in [1.29, 1.82) is 0 Å². The van der Waals surface area contributed by atoms with E-state index in [1.807, 2.05) is 0 Å². The van der Waals surface area contributed by atoms with Crippen molar-refractivity contribution in [3.63, 3.8) is 0 Å². The van der Waals surface area contributed by atoms with Crippen molar-refractivity contribution in [2.45, 2.75) is 0 Å². The molecular weight excluding hydrogens is 276 g/mol. The van der Waals surface area contributed by atoms with Crippen molar-refractivity contribution in [3.05, 3.63) is 44.6 Å². The SMILES string of the molecule is COC(=O)/C(=C/c1ccncc1Br)N=[N+]=[N-]. The van der Waals surface area contributed by atoms with Crippen LogP contribution in [0.5, 0.6) is 0 Å². The Morgan fingerprint density at radius 2 is 2.50 bits per heavy atom. The predicted molar refractivity (Wildman–Crippen MR) is 61.1 cm³/mol. The topological polar surface area (TPSA) is 88.0 Å². The molecule has 0 aliphatic rings. The molecule has 0 fully saturated rings. The van der Waals surface area contributed by atoms with Gasteiger partial charge in [0.15, 0.2) is 0 Å². The number of carbonyl (C=O) groups is 1. The highest BCUT2D eigenvalue weighted by atomic mass is 79.9. The second kappa shape index (κ2) is 5.89. The molecular formula is C9H7BrN4O2. The van der Waals surface area contributed by atoms with Gasteiger partial charge in [-0.1, -0.05) is 5.11 Å². The molecule has 0 atom stereocenters. The second-order valence-corrected chi connectivity index (χ2v) is 3.46. The Labute approximate surface area is 99.7 Å². The zero-order valence-electron chi connectivity index (χ0n) is 8.29. The lowest BCUT2D eigenvalue weighted by Gasteiger charge is -2.00. The number of azide groups is 1. The largest absolute Gasteiger partial charge is 0.466 e. The summed E-state index contributed by atoms with van der Waals surface area (Å²) in [7, 11) is 1.21. The maximum Gasteiger partial charge on any atom is 0.340 e. The zero-order valence-corrected chi connectivity index (χ0v) is 9.88. The van der Waals surface area contributed by atoms with Crippen LogP contribution in [-0.4, -0.2) is 18.1 Å². The predicted octanol–water partition coefficient (Wildman–Crippen LogP) is 2.67. The van der Waals surface area contributed by atoms with Gasteiger partial charge in [-0.15, -0.1) is 0 Å². The molecule has 1 aromatic heterocycles. The second-order valence-electron chi connectivity index (χ2n) is 2.61. The molecule has 0 aliphatic heterocycles. The number of carbonyl (C=O) groups excluding carboxylic acids is 1. The molecule has 0 saturated carbocycles. The van der Waals surface area contributed by atoms with E-state index in [0.717, 1.165) is 0 Å². The third kappa shape index (κ3) is 3.08. The van der Waals surface area contributed by atoms with E-state index in [0.29, 0.717) is 10.0 Å². The Bertz CT molecular complexity index is 480. The van der Waals surface area contributed by atoms with Crippen LogP contribution in [-0.2, 0) is 9.53 Å². The van der Waals surface area contributed by atoms with Crippen molar-refractivity contribution in [3.8, 4) is 0 Å². The highest BCUT2D eigenvalue weighted by Crippen LogP contribution is 2.18. The first-order chi connectivity index (χ1) is 7.69. The van der Waals surface area contributed by atoms with Gasteiger partial charge in [-0.05, 0) is 39.2 Å². The number of rotatable bonds is 3. The molecule has 0 radical (unpaired) electrons. The van der Waals surface area contributed by atoms with Gasteiger partial charge in [0.2, 0.25) is 0 Å². The van der Waals surface area contributed by atoms with Crippen molar-refractivity contribution in [2.75, 3.05) is 7.11 Å². The standard InChI is InChI=1S/C9H7BrN4O2/c1-16-9(15)8(13-14-11)4-6-2-3-12-5-7(6)10/h2-5H,1H3/b8-4-. The van der Waals surface area contributed by atoms with E-state index in [1.54, 1.807) is 18.5 Å². The van der Waals surface area contributed by atoms with Crippen molar-refractivity contribution in [2.24, 2.45) is 5.11 Å². The van der Waals surface area contributed by atoms with Gasteiger partial charge in [0.05, 0.1) is 7.11 Å². The molecule has 16 heavy (non-hydrogen) atoms. The molecule has 0 bridgehead atoms. The van der Waals surface area contributed by atoms with E-state index in [4.69, 9.17) is 5.53 Å². The molecule has 0 N–H and O–H groups in total. The lowest BCUT2D eigenvalue weighted by molar-refractivity contribution is -0.136. The van der Waals surface area contributed by atoms with E-state index >= 15 is 0 Å². The molecule has 0 amide bonds. The van der Waals surface area contributed by atoms with Gasteiger partial charge in [0.25, 0.3) is 0 Å². The van der Waals surface area contributed by atoms with Gasteiger partial charge < -0.3 is 4.74 Å². The lowest BCUT2D eigenvalue weighted by Crippen LogP contribution is -2.02. The number of pyridine rings is 1. The van der Waals surface area contributed by atoms with Crippen LogP contribution in [0, 0.1) is 0 Å². The fourth-order valence-electron chi connectivity index (χ4n) is 0.932. The number of halogens is 1. The molecule has 0 aromatic carbocycles. The molecule has 0 unspecified atom stereocenters. The Kier molecular flexibility index (Phi) is 4.50. The fourth-order valence-corrected chi connectivity index (χ4v) is 1.30. The summed E-state index contributed by atoms with van der Waals surface area (Å²) < 4.78 is 5.16. The van der Waals surface area contributed by atoms with Crippen molar-refractivity contribution in [1.82, 2.24) is 4.98 Å². The van der Waals surface area contributed by atoms with E-state index in [-0.39, 0.29) is 5.70 Å². The average Bonchev–Trinajstić information content (AvgIpc) is 2.30. The Balaban J connectivity index is 3.17. The number of hydrogen-bond acceptors (Lipinski definition) is 4. The molecule has 82 valence electrons. The average molecular weight is 283 g/mol. The molecule has 0 saturated heterocycles. The smallest absolute Gasteiger partial charge is 0.340 e. The van der Waals surface area contributed by atoms with Crippen LogP contribution in [0.3, 0.4) is 0 Å². The molecule has 0 aliphatic carbocycles. The van der Waals surface area contributed by atoms with Crippen molar-refractivity contribution >= 4 is 28.0 Å². The van der Waals surface area contributed by atoms with Gasteiger partial charge in [-0.3, -0.25) is 4.98 Å². The van der Waals surface area contributed by atoms with E-state index in [9.17, 15) is 4.79 Å². The minimum atomic E-state index is -0.693. The number of aromatic nitrogens is 1. The molecule has 6 nitrogen and oxygen atoms in total. The Morgan fingerprint density at radius 1 is 1.75 bits per heavy atom. The fraction of sp³-hybridized carbons (Fsp3) is 0.111. The molecule has 1 rings (SSSR count). The summed E-state index contributed by atoms with van der Waals surface area (Å²) in [4.78, 5) is 17.7. The quantitative estimate of drug-likeness (QED) is 0.281. The van der Waals surface area contributed by atoms with Crippen LogP contribution in [0.1, 0.15) is 5.56 Å². The van der Waals surface area contributed by atoms with Crippen LogP contribution in [0.4, 0.5) is 0 Å². The summed E-state index contributed by atoms with van der Waals surface area (Å²) >= 11 is 3.25. The van der Waals surface area contributed by atoms with E-state index in [1.165, 1.54) is 13.2 Å². The van der Waals surface area contributed by atoms with Crippen LogP contribution in [0.25, 0.3) is 16.5 Å². The normalized spacial score (nSPS) is 10.5. The van der Waals surface area contributed by atoms with Crippen molar-refractivity contribution < 1.29 is 9.53 Å². The lowest BCUT2D eigenvalue weighted by atomic mass is 10.2. The van der Waals surface area contributed by atoms with Gasteiger partial charge in [0, 0.05) is 21.8 Å².